The molecule has 2 aliphatic carbocycles. The molecule has 7 nitrogen and oxygen atoms in total. The third-order valence-corrected chi connectivity index (χ3v) is 9.52. The van der Waals surface area contributed by atoms with E-state index >= 15 is 0 Å². The molecule has 0 atom stereocenters. The highest BCUT2D eigenvalue weighted by atomic mass is 32.1. The molecule has 3 aliphatic rings. The lowest BCUT2D eigenvalue weighted by molar-refractivity contribution is -0.146. The molecule has 2 saturated carbocycles. The second kappa shape index (κ2) is 10.5. The Morgan fingerprint density at radius 1 is 1.03 bits per heavy atom. The number of carbonyl (C=O) groups is 1. The number of ether oxygens (including phenoxy) is 2. The SMILES string of the molecule is COC(=O)C1CCC(c2nn3cc(-c4ccc(N5CCC(OCC6CCC6)CC5)cc4)nc3s2)CC1. The molecular weight excluding hydrogens is 472 g/mol. The number of hydrogen-bond acceptors (Lipinski definition) is 7. The van der Waals surface area contributed by atoms with Gasteiger partial charge in [-0.3, -0.25) is 4.79 Å². The van der Waals surface area contributed by atoms with Gasteiger partial charge in [0.05, 0.1) is 31.0 Å². The standard InChI is InChI=1S/C28H36N4O3S/c1-34-27(33)22-7-5-21(6-8-22)26-30-32-17-25(29-28(32)36-26)20-9-11-23(12-10-20)31-15-13-24(14-16-31)35-18-19-3-2-4-19/h9-12,17,19,21-22,24H,2-8,13-16,18H2,1H3. The van der Waals surface area contributed by atoms with Crippen molar-refractivity contribution in [2.75, 3.05) is 31.7 Å². The number of methoxy groups -OCH3 is 1. The molecular formula is C28H36N4O3S. The molecule has 36 heavy (non-hydrogen) atoms. The molecule has 3 fully saturated rings. The summed E-state index contributed by atoms with van der Waals surface area (Å²) in [7, 11) is 1.48. The second-order valence-electron chi connectivity index (χ2n) is 10.7. The Hall–Kier alpha value is -2.45. The lowest BCUT2D eigenvalue weighted by atomic mass is 9.82. The van der Waals surface area contributed by atoms with Crippen molar-refractivity contribution < 1.29 is 14.3 Å². The van der Waals surface area contributed by atoms with Crippen molar-refractivity contribution in [1.29, 1.82) is 0 Å². The van der Waals surface area contributed by atoms with Crippen LogP contribution in [0.25, 0.3) is 16.2 Å². The largest absolute Gasteiger partial charge is 0.469 e. The topological polar surface area (TPSA) is 69.0 Å². The van der Waals surface area contributed by atoms with Crippen LogP contribution < -0.4 is 4.90 Å². The van der Waals surface area contributed by atoms with Crippen LogP contribution in [0.4, 0.5) is 5.69 Å². The number of piperidine rings is 1. The van der Waals surface area contributed by atoms with E-state index in [-0.39, 0.29) is 11.9 Å². The number of benzene rings is 1. The van der Waals surface area contributed by atoms with E-state index in [0.717, 1.165) is 85.4 Å². The van der Waals surface area contributed by atoms with Crippen LogP contribution in [-0.4, -0.2) is 53.5 Å². The van der Waals surface area contributed by atoms with E-state index in [9.17, 15) is 4.79 Å². The molecule has 0 radical (unpaired) electrons. The summed E-state index contributed by atoms with van der Waals surface area (Å²) in [4.78, 5) is 20.1. The third-order valence-electron chi connectivity index (χ3n) is 8.43. The van der Waals surface area contributed by atoms with E-state index in [4.69, 9.17) is 19.6 Å². The number of nitrogens with zero attached hydrogens (tertiary/aromatic N) is 4. The van der Waals surface area contributed by atoms with Crippen LogP contribution in [0.3, 0.4) is 0 Å². The van der Waals surface area contributed by atoms with Gasteiger partial charge in [-0.2, -0.15) is 5.10 Å². The molecule has 0 amide bonds. The average molecular weight is 509 g/mol. The minimum Gasteiger partial charge on any atom is -0.469 e. The zero-order valence-electron chi connectivity index (χ0n) is 21.1. The predicted molar refractivity (Wildman–Crippen MR) is 142 cm³/mol. The molecule has 1 aromatic carbocycles. The second-order valence-corrected chi connectivity index (χ2v) is 11.7. The fourth-order valence-electron chi connectivity index (χ4n) is 5.82. The first-order chi connectivity index (χ1) is 17.7. The minimum atomic E-state index is -0.0734. The zero-order chi connectivity index (χ0) is 24.5. The van der Waals surface area contributed by atoms with E-state index in [0.29, 0.717) is 12.0 Å². The Kier molecular flexibility index (Phi) is 6.98. The Balaban J connectivity index is 1.04. The smallest absolute Gasteiger partial charge is 0.308 e. The monoisotopic (exact) mass is 508 g/mol. The van der Waals surface area contributed by atoms with Crippen LogP contribution in [-0.2, 0) is 14.3 Å². The first-order valence-electron chi connectivity index (χ1n) is 13.6. The van der Waals surface area contributed by atoms with Crippen LogP contribution in [0.5, 0.6) is 0 Å². The van der Waals surface area contributed by atoms with Gasteiger partial charge in [0.25, 0.3) is 0 Å². The summed E-state index contributed by atoms with van der Waals surface area (Å²) in [6.45, 7) is 3.08. The summed E-state index contributed by atoms with van der Waals surface area (Å²) in [5.74, 6) is 1.20. The summed E-state index contributed by atoms with van der Waals surface area (Å²) in [5, 5.41) is 5.97. The molecule has 3 heterocycles. The molecule has 0 bridgehead atoms. The van der Waals surface area contributed by atoms with Crippen molar-refractivity contribution in [3.63, 3.8) is 0 Å². The van der Waals surface area contributed by atoms with Crippen molar-refractivity contribution >= 4 is 28.0 Å². The van der Waals surface area contributed by atoms with Gasteiger partial charge in [-0.1, -0.05) is 29.9 Å². The maximum absolute atomic E-state index is 11.8. The quantitative estimate of drug-likeness (QED) is 0.382. The summed E-state index contributed by atoms with van der Waals surface area (Å²) in [6, 6.07) is 8.79. The minimum absolute atomic E-state index is 0.0431. The molecule has 0 unspecified atom stereocenters. The number of rotatable bonds is 7. The molecule has 1 aliphatic heterocycles. The highest BCUT2D eigenvalue weighted by Gasteiger charge is 2.30. The van der Waals surface area contributed by atoms with Gasteiger partial charge >= 0.3 is 5.97 Å². The first-order valence-corrected chi connectivity index (χ1v) is 14.4. The van der Waals surface area contributed by atoms with Crippen molar-refractivity contribution in [2.45, 2.75) is 69.8 Å². The van der Waals surface area contributed by atoms with Crippen LogP contribution in [0, 0.1) is 11.8 Å². The average Bonchev–Trinajstić information content (AvgIpc) is 3.48. The van der Waals surface area contributed by atoms with Gasteiger partial charge in [-0.25, -0.2) is 9.50 Å². The van der Waals surface area contributed by atoms with Gasteiger partial charge in [-0.15, -0.1) is 0 Å². The van der Waals surface area contributed by atoms with E-state index in [1.807, 2.05) is 10.7 Å². The fourth-order valence-corrected chi connectivity index (χ4v) is 6.87. The molecule has 0 spiro atoms. The molecule has 6 rings (SSSR count). The van der Waals surface area contributed by atoms with Gasteiger partial charge in [0, 0.05) is 36.9 Å². The zero-order valence-corrected chi connectivity index (χ0v) is 21.9. The van der Waals surface area contributed by atoms with Gasteiger partial charge in [0.2, 0.25) is 4.96 Å². The number of hydrogen-bond donors (Lipinski definition) is 0. The summed E-state index contributed by atoms with van der Waals surface area (Å²) < 4.78 is 13.0. The summed E-state index contributed by atoms with van der Waals surface area (Å²) in [6.07, 6.45) is 12.5. The van der Waals surface area contributed by atoms with E-state index in [1.165, 1.54) is 32.1 Å². The fraction of sp³-hybridized carbons (Fsp3) is 0.607. The van der Waals surface area contributed by atoms with Crippen molar-refractivity contribution in [2.24, 2.45) is 11.8 Å². The van der Waals surface area contributed by atoms with Crippen LogP contribution >= 0.6 is 11.3 Å². The van der Waals surface area contributed by atoms with Gasteiger partial charge in [0.15, 0.2) is 0 Å². The lowest BCUT2D eigenvalue weighted by Crippen LogP contribution is -2.37. The number of imidazole rings is 1. The number of carbonyl (C=O) groups excluding carboxylic acids is 1. The van der Waals surface area contributed by atoms with Crippen molar-refractivity contribution in [3.05, 3.63) is 35.5 Å². The van der Waals surface area contributed by atoms with Gasteiger partial charge in [-0.05, 0) is 69.4 Å². The van der Waals surface area contributed by atoms with E-state index in [2.05, 4.69) is 29.2 Å². The van der Waals surface area contributed by atoms with Crippen LogP contribution in [0.1, 0.15) is 68.7 Å². The highest BCUT2D eigenvalue weighted by molar-refractivity contribution is 7.16. The maximum atomic E-state index is 11.8. The number of anilines is 1. The van der Waals surface area contributed by atoms with Crippen LogP contribution in [0.15, 0.2) is 30.5 Å². The van der Waals surface area contributed by atoms with E-state index in [1.54, 1.807) is 11.3 Å². The number of aromatic nitrogens is 3. The Morgan fingerprint density at radius 2 is 1.78 bits per heavy atom. The van der Waals surface area contributed by atoms with Crippen LogP contribution in [0.2, 0.25) is 0 Å². The molecule has 192 valence electrons. The van der Waals surface area contributed by atoms with Gasteiger partial charge in [0.1, 0.15) is 5.01 Å². The normalized spacial score (nSPS) is 23.6. The molecule has 2 aromatic heterocycles. The Bertz CT molecular complexity index is 1140. The Morgan fingerprint density at radius 3 is 2.42 bits per heavy atom. The van der Waals surface area contributed by atoms with Crippen molar-refractivity contribution in [1.82, 2.24) is 14.6 Å². The summed E-state index contributed by atoms with van der Waals surface area (Å²) >= 11 is 1.68. The molecule has 0 N–H and O–H groups in total. The van der Waals surface area contributed by atoms with Gasteiger partial charge < -0.3 is 14.4 Å². The predicted octanol–water partition coefficient (Wildman–Crippen LogP) is 5.69. The third kappa shape index (κ3) is 5.02. The number of fused-ring (bicyclic) bond motifs is 1. The maximum Gasteiger partial charge on any atom is 0.308 e. The number of esters is 1. The molecule has 3 aromatic rings. The van der Waals surface area contributed by atoms with E-state index < -0.39 is 0 Å². The first kappa shape index (κ1) is 23.9. The lowest BCUT2D eigenvalue weighted by Gasteiger charge is -2.35. The van der Waals surface area contributed by atoms with Crippen molar-refractivity contribution in [3.8, 4) is 11.3 Å². The molecule has 8 heteroatoms. The summed E-state index contributed by atoms with van der Waals surface area (Å²) in [5.41, 5.74) is 3.36. The highest BCUT2D eigenvalue weighted by Crippen LogP contribution is 2.38. The molecule has 1 saturated heterocycles. The Labute approximate surface area is 216 Å².